The van der Waals surface area contributed by atoms with Gasteiger partial charge >= 0.3 is 0 Å². The van der Waals surface area contributed by atoms with Gasteiger partial charge in [-0.05, 0) is 41.7 Å². The topological polar surface area (TPSA) is 101 Å². The van der Waals surface area contributed by atoms with Crippen molar-refractivity contribution in [3.8, 4) is 0 Å². The fourth-order valence-electron chi connectivity index (χ4n) is 2.69. The summed E-state index contributed by atoms with van der Waals surface area (Å²) < 4.78 is 0. The third-order valence-electron chi connectivity index (χ3n) is 4.19. The van der Waals surface area contributed by atoms with Gasteiger partial charge in [-0.2, -0.15) is 0 Å². The second-order valence-electron chi connectivity index (χ2n) is 6.02. The highest BCUT2D eigenvalue weighted by atomic mass is 16.6. The average Bonchev–Trinajstić information content (AvgIpc) is 3.46. The number of amides is 2. The molecule has 1 fully saturated rings. The third kappa shape index (κ3) is 4.32. The molecule has 2 aromatic rings. The number of benzene rings is 2. The zero-order chi connectivity index (χ0) is 18.5. The lowest BCUT2D eigenvalue weighted by molar-refractivity contribution is -0.384. The lowest BCUT2D eigenvalue weighted by atomic mass is 10.1. The van der Waals surface area contributed by atoms with Crippen molar-refractivity contribution in [3.05, 3.63) is 81.9 Å². The molecular formula is C19H17N3O4. The van der Waals surface area contributed by atoms with Crippen LogP contribution in [-0.4, -0.2) is 16.7 Å². The number of hydrogen-bond acceptors (Lipinski definition) is 4. The first-order valence-corrected chi connectivity index (χ1v) is 8.12. The summed E-state index contributed by atoms with van der Waals surface area (Å²) in [4.78, 5) is 33.9. The molecule has 0 saturated heterocycles. The van der Waals surface area contributed by atoms with Crippen molar-refractivity contribution in [1.29, 1.82) is 0 Å². The fourth-order valence-corrected chi connectivity index (χ4v) is 2.69. The molecule has 1 aliphatic rings. The highest BCUT2D eigenvalue weighted by Gasteiger charge is 2.43. The first-order chi connectivity index (χ1) is 12.5. The van der Waals surface area contributed by atoms with Gasteiger partial charge in [-0.15, -0.1) is 0 Å². The molecule has 0 spiro atoms. The van der Waals surface area contributed by atoms with E-state index in [4.69, 9.17) is 0 Å². The van der Waals surface area contributed by atoms with E-state index < -0.39 is 10.8 Å². The summed E-state index contributed by atoms with van der Waals surface area (Å²) >= 11 is 0. The Bertz CT molecular complexity index is 847. The van der Waals surface area contributed by atoms with Gasteiger partial charge in [-0.1, -0.05) is 30.3 Å². The summed E-state index contributed by atoms with van der Waals surface area (Å²) in [7, 11) is 0. The van der Waals surface area contributed by atoms with Gasteiger partial charge in [0.25, 0.3) is 11.6 Å². The minimum atomic E-state index is -0.490. The van der Waals surface area contributed by atoms with Crippen LogP contribution >= 0.6 is 0 Å². The molecule has 0 heterocycles. The van der Waals surface area contributed by atoms with E-state index in [0.29, 0.717) is 5.56 Å². The van der Waals surface area contributed by atoms with Crippen LogP contribution in [0.5, 0.6) is 0 Å². The lowest BCUT2D eigenvalue weighted by Crippen LogP contribution is -2.41. The maximum atomic E-state index is 12.1. The van der Waals surface area contributed by atoms with E-state index in [1.165, 1.54) is 36.4 Å². The smallest absolute Gasteiger partial charge is 0.269 e. The van der Waals surface area contributed by atoms with E-state index in [9.17, 15) is 19.7 Å². The van der Waals surface area contributed by atoms with Crippen molar-refractivity contribution in [2.75, 3.05) is 0 Å². The summed E-state index contributed by atoms with van der Waals surface area (Å²) in [6.07, 6.45) is 3.53. The molecule has 0 radical (unpaired) electrons. The molecule has 0 bridgehead atoms. The molecule has 0 aliphatic heterocycles. The van der Waals surface area contributed by atoms with Crippen LogP contribution in [-0.2, 0) is 9.59 Å². The number of nitrogens with one attached hydrogen (secondary N) is 2. The minimum Gasteiger partial charge on any atom is -0.273 e. The summed E-state index contributed by atoms with van der Waals surface area (Å²) in [6, 6.07) is 15.6. The quantitative estimate of drug-likeness (QED) is 0.491. The van der Waals surface area contributed by atoms with E-state index in [1.807, 2.05) is 30.3 Å². The lowest BCUT2D eigenvalue weighted by Gasteiger charge is -2.05. The number of nitrogens with zero attached hydrogens (tertiary/aromatic N) is 1. The van der Waals surface area contributed by atoms with Crippen LogP contribution in [0.2, 0.25) is 0 Å². The molecule has 26 heavy (non-hydrogen) atoms. The number of nitro groups is 1. The summed E-state index contributed by atoms with van der Waals surface area (Å²) in [5.74, 6) is -0.621. The standard InChI is InChI=1S/C19H17N3O4/c23-18(11-8-13-6-9-15(10-7-13)22(25)26)20-21-19(24)17-12-16(17)14-4-2-1-3-5-14/h1-11,16-17H,12H2,(H,20,23)(H,21,24)/b11-8+/t16-,17+/m0/s1. The summed E-state index contributed by atoms with van der Waals surface area (Å²) in [6.45, 7) is 0. The van der Waals surface area contributed by atoms with Crippen LogP contribution in [0.3, 0.4) is 0 Å². The summed E-state index contributed by atoms with van der Waals surface area (Å²) in [5.41, 5.74) is 6.51. The highest BCUT2D eigenvalue weighted by molar-refractivity contribution is 5.93. The van der Waals surface area contributed by atoms with Crippen LogP contribution < -0.4 is 10.9 Å². The van der Waals surface area contributed by atoms with Crippen molar-refractivity contribution in [3.63, 3.8) is 0 Å². The summed E-state index contributed by atoms with van der Waals surface area (Å²) in [5, 5.41) is 10.6. The number of hydrazine groups is 1. The predicted molar refractivity (Wildman–Crippen MR) is 95.7 cm³/mol. The number of rotatable bonds is 5. The molecule has 7 heteroatoms. The molecule has 2 aromatic carbocycles. The predicted octanol–water partition coefficient (Wildman–Crippen LogP) is 2.56. The monoisotopic (exact) mass is 351 g/mol. The van der Waals surface area contributed by atoms with Crippen LogP contribution in [0.1, 0.15) is 23.5 Å². The Labute approximate surface area is 149 Å². The molecule has 2 N–H and O–H groups in total. The Hall–Kier alpha value is -3.48. The molecule has 1 saturated carbocycles. The Balaban J connectivity index is 1.45. The molecule has 132 valence electrons. The van der Waals surface area contributed by atoms with E-state index in [1.54, 1.807) is 0 Å². The maximum Gasteiger partial charge on any atom is 0.269 e. The Kier molecular flexibility index (Phi) is 5.07. The first kappa shape index (κ1) is 17.3. The van der Waals surface area contributed by atoms with Crippen molar-refractivity contribution < 1.29 is 14.5 Å². The Morgan fingerprint density at radius 3 is 2.38 bits per heavy atom. The van der Waals surface area contributed by atoms with Crippen LogP contribution in [0, 0.1) is 16.0 Å². The zero-order valence-corrected chi connectivity index (χ0v) is 13.8. The van der Waals surface area contributed by atoms with Gasteiger partial charge in [0, 0.05) is 24.1 Å². The molecular weight excluding hydrogens is 334 g/mol. The van der Waals surface area contributed by atoms with Gasteiger partial charge in [-0.25, -0.2) is 0 Å². The molecule has 2 atom stereocenters. The average molecular weight is 351 g/mol. The van der Waals surface area contributed by atoms with Gasteiger partial charge < -0.3 is 0 Å². The van der Waals surface area contributed by atoms with Crippen LogP contribution in [0.4, 0.5) is 5.69 Å². The second-order valence-corrected chi connectivity index (χ2v) is 6.02. The molecule has 2 amide bonds. The molecule has 0 aromatic heterocycles. The largest absolute Gasteiger partial charge is 0.273 e. The van der Waals surface area contributed by atoms with Gasteiger partial charge in [0.2, 0.25) is 5.91 Å². The second kappa shape index (κ2) is 7.60. The van der Waals surface area contributed by atoms with Gasteiger partial charge in [0.15, 0.2) is 0 Å². The van der Waals surface area contributed by atoms with Crippen molar-refractivity contribution in [2.45, 2.75) is 12.3 Å². The van der Waals surface area contributed by atoms with E-state index >= 15 is 0 Å². The Morgan fingerprint density at radius 2 is 1.73 bits per heavy atom. The van der Waals surface area contributed by atoms with Crippen LogP contribution in [0.15, 0.2) is 60.7 Å². The first-order valence-electron chi connectivity index (χ1n) is 8.12. The van der Waals surface area contributed by atoms with E-state index in [0.717, 1.165) is 12.0 Å². The van der Waals surface area contributed by atoms with Crippen molar-refractivity contribution in [2.24, 2.45) is 5.92 Å². The van der Waals surface area contributed by atoms with E-state index in [2.05, 4.69) is 10.9 Å². The number of carbonyl (C=O) groups excluding carboxylic acids is 2. The molecule has 7 nitrogen and oxygen atoms in total. The van der Waals surface area contributed by atoms with Gasteiger partial charge in [0.05, 0.1) is 4.92 Å². The van der Waals surface area contributed by atoms with Crippen molar-refractivity contribution in [1.82, 2.24) is 10.9 Å². The molecule has 0 unspecified atom stereocenters. The van der Waals surface area contributed by atoms with Crippen molar-refractivity contribution >= 4 is 23.6 Å². The van der Waals surface area contributed by atoms with Gasteiger partial charge in [0.1, 0.15) is 0 Å². The fraction of sp³-hybridized carbons (Fsp3) is 0.158. The van der Waals surface area contributed by atoms with Gasteiger partial charge in [-0.3, -0.25) is 30.6 Å². The number of non-ortho nitro benzene ring substituents is 1. The molecule has 3 rings (SSSR count). The molecule has 1 aliphatic carbocycles. The number of nitro benzene ring substituents is 1. The van der Waals surface area contributed by atoms with Crippen LogP contribution in [0.25, 0.3) is 6.08 Å². The Morgan fingerprint density at radius 1 is 1.04 bits per heavy atom. The third-order valence-corrected chi connectivity index (χ3v) is 4.19. The zero-order valence-electron chi connectivity index (χ0n) is 13.8. The van der Waals surface area contributed by atoms with E-state index in [-0.39, 0.29) is 23.4 Å². The normalized spacial score (nSPS) is 18.3. The SMILES string of the molecule is O=C(/C=C/c1ccc([N+](=O)[O-])cc1)NNC(=O)[C@@H]1C[C@H]1c1ccccc1. The highest BCUT2D eigenvalue weighted by Crippen LogP contribution is 2.47. The minimum absolute atomic E-state index is 0.0173. The number of hydrogen-bond donors (Lipinski definition) is 2. The maximum absolute atomic E-state index is 12.1. The number of carbonyl (C=O) groups is 2.